The molecule has 1 aromatic rings. The molecule has 2 rings (SSSR count). The fraction of sp³-hybridized carbons (Fsp3) is 0.611. The highest BCUT2D eigenvalue weighted by Gasteiger charge is 2.31. The van der Waals surface area contributed by atoms with E-state index in [0.29, 0.717) is 18.8 Å². The Bertz CT molecular complexity index is 556. The quantitative estimate of drug-likeness (QED) is 0.847. The van der Waals surface area contributed by atoms with Crippen molar-refractivity contribution in [3.05, 3.63) is 29.1 Å². The standard InChI is InChI=1S/C18H26FNO2/c1-11(2)15-8-16(17(19)9-18(15)22-5)14-6-7-20(13(4)21)10-12(14)3/h8-9,11-12,14H,6-7,10H2,1-5H3. The maximum absolute atomic E-state index is 14.5. The minimum atomic E-state index is -0.200. The fourth-order valence-electron chi connectivity index (χ4n) is 3.40. The zero-order valence-corrected chi connectivity index (χ0v) is 14.1. The summed E-state index contributed by atoms with van der Waals surface area (Å²) >= 11 is 0. The lowest BCUT2D eigenvalue weighted by Crippen LogP contribution is -2.41. The topological polar surface area (TPSA) is 29.5 Å². The van der Waals surface area contributed by atoms with Crippen LogP contribution in [0.1, 0.15) is 57.1 Å². The lowest BCUT2D eigenvalue weighted by Gasteiger charge is -2.37. The Labute approximate surface area is 132 Å². The zero-order valence-electron chi connectivity index (χ0n) is 14.1. The Kier molecular flexibility index (Phi) is 5.09. The van der Waals surface area contributed by atoms with E-state index in [0.717, 1.165) is 17.5 Å². The van der Waals surface area contributed by atoms with Gasteiger partial charge in [-0.25, -0.2) is 4.39 Å². The van der Waals surface area contributed by atoms with E-state index in [4.69, 9.17) is 4.74 Å². The average molecular weight is 307 g/mol. The van der Waals surface area contributed by atoms with Gasteiger partial charge in [-0.15, -0.1) is 0 Å². The predicted molar refractivity (Wildman–Crippen MR) is 85.8 cm³/mol. The molecule has 1 heterocycles. The van der Waals surface area contributed by atoms with E-state index >= 15 is 0 Å². The van der Waals surface area contributed by atoms with E-state index in [1.54, 1.807) is 14.0 Å². The van der Waals surface area contributed by atoms with Crippen molar-refractivity contribution < 1.29 is 13.9 Å². The largest absolute Gasteiger partial charge is 0.496 e. The van der Waals surface area contributed by atoms with Gasteiger partial charge in [0.05, 0.1) is 7.11 Å². The first-order valence-electron chi connectivity index (χ1n) is 7.98. The lowest BCUT2D eigenvalue weighted by molar-refractivity contribution is -0.130. The van der Waals surface area contributed by atoms with Crippen molar-refractivity contribution >= 4 is 5.91 Å². The molecule has 122 valence electrons. The molecule has 1 aromatic carbocycles. The molecule has 0 aliphatic carbocycles. The van der Waals surface area contributed by atoms with Gasteiger partial charge >= 0.3 is 0 Å². The number of nitrogens with zero attached hydrogens (tertiary/aromatic N) is 1. The van der Waals surface area contributed by atoms with Crippen LogP contribution >= 0.6 is 0 Å². The van der Waals surface area contributed by atoms with E-state index < -0.39 is 0 Å². The number of amides is 1. The Morgan fingerprint density at radius 1 is 1.41 bits per heavy atom. The van der Waals surface area contributed by atoms with Gasteiger partial charge in [-0.2, -0.15) is 0 Å². The van der Waals surface area contributed by atoms with Gasteiger partial charge in [-0.05, 0) is 41.4 Å². The Balaban J connectivity index is 2.33. The molecule has 0 saturated carbocycles. The fourth-order valence-corrected chi connectivity index (χ4v) is 3.40. The van der Waals surface area contributed by atoms with Crippen LogP contribution in [-0.4, -0.2) is 31.0 Å². The van der Waals surface area contributed by atoms with E-state index in [-0.39, 0.29) is 29.5 Å². The van der Waals surface area contributed by atoms with Crippen molar-refractivity contribution in [2.75, 3.05) is 20.2 Å². The maximum atomic E-state index is 14.5. The third-order valence-corrected chi connectivity index (χ3v) is 4.72. The summed E-state index contributed by atoms with van der Waals surface area (Å²) in [5, 5.41) is 0. The number of ether oxygens (including phenoxy) is 1. The summed E-state index contributed by atoms with van der Waals surface area (Å²) in [5.74, 6) is 1.20. The van der Waals surface area contributed by atoms with Crippen LogP contribution < -0.4 is 4.74 Å². The smallest absolute Gasteiger partial charge is 0.219 e. The maximum Gasteiger partial charge on any atom is 0.219 e. The molecule has 2 unspecified atom stereocenters. The summed E-state index contributed by atoms with van der Waals surface area (Å²) in [5.41, 5.74) is 1.81. The SMILES string of the molecule is COc1cc(F)c(C2CCN(C(C)=O)CC2C)cc1C(C)C. The first-order valence-corrected chi connectivity index (χ1v) is 7.98. The number of piperidine rings is 1. The van der Waals surface area contributed by atoms with Crippen LogP contribution in [0.3, 0.4) is 0 Å². The molecule has 0 aromatic heterocycles. The van der Waals surface area contributed by atoms with Crippen LogP contribution in [0.25, 0.3) is 0 Å². The number of likely N-dealkylation sites (tertiary alicyclic amines) is 1. The van der Waals surface area contributed by atoms with Crippen LogP contribution in [0.4, 0.5) is 4.39 Å². The first-order chi connectivity index (χ1) is 10.3. The Hall–Kier alpha value is -1.58. The van der Waals surface area contributed by atoms with Crippen molar-refractivity contribution in [2.24, 2.45) is 5.92 Å². The number of halogens is 1. The van der Waals surface area contributed by atoms with Crippen LogP contribution in [-0.2, 0) is 4.79 Å². The number of carbonyl (C=O) groups is 1. The Morgan fingerprint density at radius 2 is 2.09 bits per heavy atom. The van der Waals surface area contributed by atoms with Gasteiger partial charge in [-0.1, -0.05) is 20.8 Å². The van der Waals surface area contributed by atoms with Crippen LogP contribution in [0, 0.1) is 11.7 Å². The first kappa shape index (κ1) is 16.8. The molecule has 0 spiro atoms. The summed E-state index contributed by atoms with van der Waals surface area (Å²) in [6.07, 6.45) is 0.807. The molecule has 0 bridgehead atoms. The van der Waals surface area contributed by atoms with Crippen molar-refractivity contribution in [1.29, 1.82) is 0 Å². The molecule has 1 aliphatic rings. The van der Waals surface area contributed by atoms with E-state index in [1.807, 2.05) is 11.0 Å². The van der Waals surface area contributed by atoms with Crippen LogP contribution in [0.2, 0.25) is 0 Å². The molecule has 3 nitrogen and oxygen atoms in total. The van der Waals surface area contributed by atoms with E-state index in [1.165, 1.54) is 6.07 Å². The molecule has 1 saturated heterocycles. The third kappa shape index (κ3) is 3.26. The van der Waals surface area contributed by atoms with E-state index in [2.05, 4.69) is 20.8 Å². The second-order valence-corrected chi connectivity index (χ2v) is 6.61. The van der Waals surface area contributed by atoms with Crippen LogP contribution in [0.5, 0.6) is 5.75 Å². The highest BCUT2D eigenvalue weighted by Crippen LogP contribution is 2.38. The van der Waals surface area contributed by atoms with Gasteiger partial charge in [-0.3, -0.25) is 4.79 Å². The summed E-state index contributed by atoms with van der Waals surface area (Å²) in [7, 11) is 1.58. The molecule has 4 heteroatoms. The van der Waals surface area contributed by atoms with Gasteiger partial charge in [0.1, 0.15) is 11.6 Å². The molecule has 2 atom stereocenters. The van der Waals surface area contributed by atoms with Crippen molar-refractivity contribution in [3.8, 4) is 5.75 Å². The summed E-state index contributed by atoms with van der Waals surface area (Å²) in [4.78, 5) is 13.4. The number of rotatable bonds is 3. The highest BCUT2D eigenvalue weighted by molar-refractivity contribution is 5.73. The number of hydrogen-bond donors (Lipinski definition) is 0. The van der Waals surface area contributed by atoms with Crippen molar-refractivity contribution in [2.45, 2.75) is 46.0 Å². The van der Waals surface area contributed by atoms with Gasteiger partial charge in [0.25, 0.3) is 0 Å². The molecule has 0 N–H and O–H groups in total. The summed E-state index contributed by atoms with van der Waals surface area (Å²) in [6, 6.07) is 3.47. The summed E-state index contributed by atoms with van der Waals surface area (Å²) in [6.45, 7) is 9.26. The van der Waals surface area contributed by atoms with Crippen molar-refractivity contribution in [1.82, 2.24) is 4.90 Å². The third-order valence-electron chi connectivity index (χ3n) is 4.72. The monoisotopic (exact) mass is 307 g/mol. The Morgan fingerprint density at radius 3 is 2.59 bits per heavy atom. The highest BCUT2D eigenvalue weighted by atomic mass is 19.1. The minimum absolute atomic E-state index is 0.100. The van der Waals surface area contributed by atoms with Crippen molar-refractivity contribution in [3.63, 3.8) is 0 Å². The van der Waals surface area contributed by atoms with Crippen LogP contribution in [0.15, 0.2) is 12.1 Å². The van der Waals surface area contributed by atoms with Gasteiger partial charge in [0, 0.05) is 26.1 Å². The normalized spacial score (nSPS) is 22.0. The molecule has 22 heavy (non-hydrogen) atoms. The summed E-state index contributed by atoms with van der Waals surface area (Å²) < 4.78 is 19.8. The molecule has 1 fully saturated rings. The lowest BCUT2D eigenvalue weighted by atomic mass is 9.80. The predicted octanol–water partition coefficient (Wildman–Crippen LogP) is 3.93. The number of benzene rings is 1. The van der Waals surface area contributed by atoms with E-state index in [9.17, 15) is 9.18 Å². The molecular weight excluding hydrogens is 281 g/mol. The van der Waals surface area contributed by atoms with Gasteiger partial charge < -0.3 is 9.64 Å². The second-order valence-electron chi connectivity index (χ2n) is 6.61. The molecule has 0 radical (unpaired) electrons. The number of methoxy groups -OCH3 is 1. The average Bonchev–Trinajstić information content (AvgIpc) is 2.46. The zero-order chi connectivity index (χ0) is 16.4. The molecular formula is C18H26FNO2. The number of hydrogen-bond acceptors (Lipinski definition) is 2. The second kappa shape index (κ2) is 6.67. The van der Waals surface area contributed by atoms with Gasteiger partial charge in [0.15, 0.2) is 0 Å². The molecule has 1 aliphatic heterocycles. The van der Waals surface area contributed by atoms with Gasteiger partial charge in [0.2, 0.25) is 5.91 Å². The number of carbonyl (C=O) groups excluding carboxylic acids is 1. The minimum Gasteiger partial charge on any atom is -0.496 e. The molecule has 1 amide bonds.